The van der Waals surface area contributed by atoms with E-state index in [1.807, 2.05) is 6.92 Å². The van der Waals surface area contributed by atoms with Gasteiger partial charge in [-0.3, -0.25) is 23.6 Å². The molecule has 0 aliphatic carbocycles. The zero-order valence-corrected chi connectivity index (χ0v) is 27.3. The van der Waals surface area contributed by atoms with E-state index in [1.54, 1.807) is 34.9 Å². The quantitative estimate of drug-likeness (QED) is 0.265. The van der Waals surface area contributed by atoms with E-state index in [0.717, 1.165) is 5.56 Å². The fourth-order valence-corrected chi connectivity index (χ4v) is 6.93. The number of fused-ring (bicyclic) bond motifs is 1. The number of halogens is 4. The van der Waals surface area contributed by atoms with Crippen molar-refractivity contribution in [3.8, 4) is 5.69 Å². The molecule has 0 saturated carbocycles. The molecule has 4 heterocycles. The Morgan fingerprint density at radius 1 is 1.10 bits per heavy atom. The van der Waals surface area contributed by atoms with Gasteiger partial charge in [-0.2, -0.15) is 13.2 Å². The molecule has 2 amide bonds. The monoisotopic (exact) mass is 701 g/mol. The number of piperidine rings is 1. The van der Waals surface area contributed by atoms with Gasteiger partial charge in [0.05, 0.1) is 48.7 Å². The molecule has 2 aliphatic rings. The molecule has 4 aromatic rings. The average molecular weight is 702 g/mol. The number of aliphatic hydroxyl groups is 1. The Morgan fingerprint density at radius 3 is 2.41 bits per heavy atom. The highest BCUT2D eigenvalue weighted by atomic mass is 35.5. The fraction of sp³-hybridized carbons (Fsp3) is 0.412. The normalized spacial score (nSPS) is 20.4. The molecule has 2 aliphatic heterocycles. The number of rotatable bonds is 7. The summed E-state index contributed by atoms with van der Waals surface area (Å²) in [6.45, 7) is 2.21. The highest BCUT2D eigenvalue weighted by molar-refractivity contribution is 6.31. The predicted molar refractivity (Wildman–Crippen MR) is 174 cm³/mol. The van der Waals surface area contributed by atoms with Crippen molar-refractivity contribution in [2.75, 3.05) is 26.2 Å². The van der Waals surface area contributed by atoms with E-state index in [1.165, 1.54) is 51.0 Å². The summed E-state index contributed by atoms with van der Waals surface area (Å²) in [6, 6.07) is 15.4. The topological polar surface area (TPSA) is 130 Å². The van der Waals surface area contributed by atoms with Gasteiger partial charge >= 0.3 is 12.3 Å². The standard InChI is InChI=1S/C34H35ClF3N5O6/c1-21-17-42(32(46)47)27(18-49-21)23-7-9-24(10-8-23)43-28(35)15-25-30(43)39-20-41(31(25)45)19-33(48)11-13-40(14-12-33)29(44)16-26(34(36,37)38)22-5-3-2-4-6-22/h2-10,15,20-21,26-27,48H,11-14,16-19H2,1H3,(H,46,47)/t21-,26?,27-/m1/s1. The van der Waals surface area contributed by atoms with Gasteiger partial charge in [0.25, 0.3) is 5.56 Å². The zero-order chi connectivity index (χ0) is 35.1. The first-order valence-corrected chi connectivity index (χ1v) is 16.2. The first kappa shape index (κ1) is 34.5. The Kier molecular flexibility index (Phi) is 9.48. The number of aromatic nitrogens is 3. The van der Waals surface area contributed by atoms with Crippen LogP contribution in [0.3, 0.4) is 0 Å². The molecule has 0 spiro atoms. The zero-order valence-electron chi connectivity index (χ0n) is 26.5. The van der Waals surface area contributed by atoms with Crippen molar-refractivity contribution in [1.29, 1.82) is 0 Å². The van der Waals surface area contributed by atoms with Gasteiger partial charge in [-0.15, -0.1) is 0 Å². The van der Waals surface area contributed by atoms with E-state index < -0.39 is 47.7 Å². The number of alkyl halides is 3. The molecule has 260 valence electrons. The first-order chi connectivity index (χ1) is 23.2. The van der Waals surface area contributed by atoms with Gasteiger partial charge in [-0.25, -0.2) is 9.78 Å². The van der Waals surface area contributed by atoms with Crippen LogP contribution < -0.4 is 5.56 Å². The predicted octanol–water partition coefficient (Wildman–Crippen LogP) is 5.37. The van der Waals surface area contributed by atoms with Gasteiger partial charge < -0.3 is 19.8 Å². The number of morpholine rings is 1. The van der Waals surface area contributed by atoms with Crippen molar-refractivity contribution in [3.05, 3.63) is 93.6 Å². The van der Waals surface area contributed by atoms with Crippen LogP contribution in [0.15, 0.2) is 71.8 Å². The van der Waals surface area contributed by atoms with E-state index in [4.69, 9.17) is 16.3 Å². The molecule has 6 rings (SSSR count). The second-order valence-corrected chi connectivity index (χ2v) is 13.1. The third-order valence-corrected chi connectivity index (χ3v) is 9.66. The van der Waals surface area contributed by atoms with Gasteiger partial charge in [0, 0.05) is 25.2 Å². The number of carbonyl (C=O) groups excluding carboxylic acids is 1. The van der Waals surface area contributed by atoms with Crippen molar-refractivity contribution in [2.45, 2.75) is 62.6 Å². The third kappa shape index (κ3) is 7.17. The maximum absolute atomic E-state index is 13.8. The average Bonchev–Trinajstić information content (AvgIpc) is 3.41. The molecule has 2 saturated heterocycles. The lowest BCUT2D eigenvalue weighted by Gasteiger charge is -2.39. The first-order valence-electron chi connectivity index (χ1n) is 15.8. The Morgan fingerprint density at radius 2 is 1.78 bits per heavy atom. The largest absolute Gasteiger partial charge is 0.465 e. The Bertz CT molecular complexity index is 1890. The van der Waals surface area contributed by atoms with Gasteiger partial charge in [0.2, 0.25) is 5.91 Å². The van der Waals surface area contributed by atoms with Crippen LogP contribution in [0.25, 0.3) is 16.7 Å². The van der Waals surface area contributed by atoms with Gasteiger partial charge in [0.1, 0.15) is 11.5 Å². The van der Waals surface area contributed by atoms with Gasteiger partial charge in [0.15, 0.2) is 5.65 Å². The molecule has 3 atom stereocenters. The third-order valence-electron chi connectivity index (χ3n) is 9.38. The van der Waals surface area contributed by atoms with Crippen LogP contribution in [-0.4, -0.2) is 90.3 Å². The van der Waals surface area contributed by atoms with Crippen LogP contribution in [0.5, 0.6) is 0 Å². The lowest BCUT2D eigenvalue weighted by molar-refractivity contribution is -0.162. The summed E-state index contributed by atoms with van der Waals surface area (Å²) in [6.07, 6.45) is -5.16. The Balaban J connectivity index is 1.14. The van der Waals surface area contributed by atoms with E-state index in [-0.39, 0.29) is 73.5 Å². The van der Waals surface area contributed by atoms with Crippen molar-refractivity contribution in [1.82, 2.24) is 23.9 Å². The molecule has 49 heavy (non-hydrogen) atoms. The summed E-state index contributed by atoms with van der Waals surface area (Å²) >= 11 is 6.58. The number of hydrogen-bond acceptors (Lipinski definition) is 6. The number of ether oxygens (including phenoxy) is 1. The second-order valence-electron chi connectivity index (χ2n) is 12.7. The number of benzene rings is 2. The van der Waals surface area contributed by atoms with Gasteiger partial charge in [-0.1, -0.05) is 54.1 Å². The summed E-state index contributed by atoms with van der Waals surface area (Å²) in [5.41, 5.74) is -0.219. The van der Waals surface area contributed by atoms with Crippen molar-refractivity contribution >= 4 is 34.6 Å². The summed E-state index contributed by atoms with van der Waals surface area (Å²) < 4.78 is 50.0. The minimum Gasteiger partial charge on any atom is -0.465 e. The van der Waals surface area contributed by atoms with E-state index in [2.05, 4.69) is 4.98 Å². The van der Waals surface area contributed by atoms with Crippen LogP contribution in [0.2, 0.25) is 5.15 Å². The lowest BCUT2D eigenvalue weighted by atomic mass is 9.89. The maximum atomic E-state index is 13.8. The van der Waals surface area contributed by atoms with Crippen LogP contribution in [0.1, 0.15) is 49.3 Å². The number of hydrogen-bond donors (Lipinski definition) is 2. The molecule has 2 N–H and O–H groups in total. The molecule has 2 fully saturated rings. The highest BCUT2D eigenvalue weighted by Gasteiger charge is 2.43. The number of carboxylic acid groups (broad SMARTS) is 1. The minimum absolute atomic E-state index is 0.0152. The number of nitrogens with zero attached hydrogens (tertiary/aromatic N) is 5. The Hall–Kier alpha value is -4.40. The molecule has 2 aromatic carbocycles. The highest BCUT2D eigenvalue weighted by Crippen LogP contribution is 2.38. The van der Waals surface area contributed by atoms with Crippen molar-refractivity contribution in [3.63, 3.8) is 0 Å². The van der Waals surface area contributed by atoms with E-state index in [0.29, 0.717) is 5.69 Å². The molecule has 11 nitrogen and oxygen atoms in total. The van der Waals surface area contributed by atoms with Crippen LogP contribution in [-0.2, 0) is 16.1 Å². The molecule has 0 bridgehead atoms. The Labute approximate surface area is 284 Å². The number of likely N-dealkylation sites (tertiary alicyclic amines) is 1. The smallest absolute Gasteiger partial charge is 0.407 e. The molecule has 2 aromatic heterocycles. The van der Waals surface area contributed by atoms with Crippen LogP contribution >= 0.6 is 11.6 Å². The number of amides is 2. The molecular weight excluding hydrogens is 667 g/mol. The fourth-order valence-electron chi connectivity index (χ4n) is 6.64. The lowest BCUT2D eigenvalue weighted by Crippen LogP contribution is -2.50. The summed E-state index contributed by atoms with van der Waals surface area (Å²) in [5.74, 6) is -2.59. The van der Waals surface area contributed by atoms with E-state index in [9.17, 15) is 37.8 Å². The second kappa shape index (κ2) is 13.5. The molecule has 0 radical (unpaired) electrons. The van der Waals surface area contributed by atoms with Crippen molar-refractivity contribution < 1.29 is 37.7 Å². The maximum Gasteiger partial charge on any atom is 0.407 e. The van der Waals surface area contributed by atoms with Crippen LogP contribution in [0, 0.1) is 0 Å². The van der Waals surface area contributed by atoms with E-state index >= 15 is 0 Å². The molecular formula is C34H35ClF3N5O6. The number of carbonyl (C=O) groups is 2. The minimum atomic E-state index is -4.60. The SMILES string of the molecule is C[C@@H]1CN(C(=O)O)[C@@H](c2ccc(-n3c(Cl)cc4c(=O)n(CC5(O)CCN(C(=O)CC(c6ccccc6)C(F)(F)F)CC5)cnc43)cc2)CO1. The molecule has 15 heteroatoms. The summed E-state index contributed by atoms with van der Waals surface area (Å²) in [7, 11) is 0. The van der Waals surface area contributed by atoms with Gasteiger partial charge in [-0.05, 0) is 49.1 Å². The summed E-state index contributed by atoms with van der Waals surface area (Å²) in [4.78, 5) is 45.4. The van der Waals surface area contributed by atoms with Crippen LogP contribution in [0.4, 0.5) is 18.0 Å². The summed E-state index contributed by atoms with van der Waals surface area (Å²) in [5, 5.41) is 21.5. The molecule has 1 unspecified atom stereocenters. The van der Waals surface area contributed by atoms with Crippen molar-refractivity contribution in [2.24, 2.45) is 0 Å².